The first kappa shape index (κ1) is 12.6. The first-order valence-corrected chi connectivity index (χ1v) is 6.52. The van der Waals surface area contributed by atoms with Crippen molar-refractivity contribution in [2.24, 2.45) is 5.73 Å². The van der Waals surface area contributed by atoms with Crippen molar-refractivity contribution in [2.45, 2.75) is 6.54 Å². The average molecular weight is 264 g/mol. The summed E-state index contributed by atoms with van der Waals surface area (Å²) in [5.41, 5.74) is 8.77. The maximum Gasteiger partial charge on any atom is 0.144 e. The van der Waals surface area contributed by atoms with E-state index < -0.39 is 0 Å². The summed E-state index contributed by atoms with van der Waals surface area (Å²) in [6, 6.07) is 16.2. The molecule has 0 unspecified atom stereocenters. The van der Waals surface area contributed by atoms with Crippen molar-refractivity contribution in [1.82, 2.24) is 9.97 Å². The first-order chi connectivity index (χ1) is 9.79. The van der Waals surface area contributed by atoms with E-state index >= 15 is 0 Å². The summed E-state index contributed by atoms with van der Waals surface area (Å²) >= 11 is 0. The van der Waals surface area contributed by atoms with Gasteiger partial charge >= 0.3 is 0 Å². The molecule has 100 valence electrons. The molecule has 0 aliphatic carbocycles. The minimum Gasteiger partial charge on any atom is -0.329 e. The van der Waals surface area contributed by atoms with Gasteiger partial charge in [0, 0.05) is 24.7 Å². The number of hydrogen-bond donors (Lipinski definition) is 1. The van der Waals surface area contributed by atoms with Crippen LogP contribution in [0.5, 0.6) is 0 Å². The lowest BCUT2D eigenvalue weighted by molar-refractivity contribution is 1.06. The van der Waals surface area contributed by atoms with E-state index in [0.29, 0.717) is 6.54 Å². The molecule has 1 heterocycles. The van der Waals surface area contributed by atoms with Crippen LogP contribution in [0, 0.1) is 0 Å². The van der Waals surface area contributed by atoms with Crippen LogP contribution in [-0.2, 0) is 6.54 Å². The number of aromatic nitrogens is 2. The van der Waals surface area contributed by atoms with E-state index in [-0.39, 0.29) is 0 Å². The van der Waals surface area contributed by atoms with Gasteiger partial charge in [-0.3, -0.25) is 0 Å². The van der Waals surface area contributed by atoms with Gasteiger partial charge in [0.05, 0.1) is 5.52 Å². The Morgan fingerprint density at radius 3 is 2.50 bits per heavy atom. The van der Waals surface area contributed by atoms with Crippen LogP contribution < -0.4 is 10.6 Å². The molecule has 2 aromatic carbocycles. The minimum atomic E-state index is 0.556. The normalized spacial score (nSPS) is 10.7. The van der Waals surface area contributed by atoms with Crippen molar-refractivity contribution in [2.75, 3.05) is 11.9 Å². The molecule has 4 heteroatoms. The van der Waals surface area contributed by atoms with Gasteiger partial charge in [-0.05, 0) is 29.8 Å². The fraction of sp³-hybridized carbons (Fsp3) is 0.125. The van der Waals surface area contributed by atoms with Crippen molar-refractivity contribution in [1.29, 1.82) is 0 Å². The largest absolute Gasteiger partial charge is 0.329 e. The molecular formula is C16H16N4. The zero-order chi connectivity index (χ0) is 13.9. The second-order valence-corrected chi connectivity index (χ2v) is 4.64. The number of rotatable bonds is 3. The van der Waals surface area contributed by atoms with Crippen LogP contribution in [0.1, 0.15) is 5.56 Å². The predicted molar refractivity (Wildman–Crippen MR) is 81.9 cm³/mol. The summed E-state index contributed by atoms with van der Waals surface area (Å²) in [7, 11) is 2.01. The van der Waals surface area contributed by atoms with Gasteiger partial charge < -0.3 is 10.6 Å². The number of benzene rings is 2. The number of nitrogens with zero attached hydrogens (tertiary/aromatic N) is 3. The fourth-order valence-electron chi connectivity index (χ4n) is 2.24. The van der Waals surface area contributed by atoms with Gasteiger partial charge in [-0.25, -0.2) is 9.97 Å². The molecule has 0 fully saturated rings. The highest BCUT2D eigenvalue weighted by molar-refractivity contribution is 5.91. The molecule has 0 atom stereocenters. The highest BCUT2D eigenvalue weighted by Crippen LogP contribution is 2.27. The second-order valence-electron chi connectivity index (χ2n) is 4.64. The van der Waals surface area contributed by atoms with Crippen molar-refractivity contribution in [3.05, 3.63) is 60.4 Å². The molecule has 1 aromatic heterocycles. The Morgan fingerprint density at radius 2 is 1.75 bits per heavy atom. The van der Waals surface area contributed by atoms with Gasteiger partial charge in [-0.15, -0.1) is 0 Å². The molecule has 0 spiro atoms. The van der Waals surface area contributed by atoms with Crippen LogP contribution in [0.2, 0.25) is 0 Å². The van der Waals surface area contributed by atoms with Crippen LogP contribution in [0.15, 0.2) is 54.9 Å². The average Bonchev–Trinajstić information content (AvgIpc) is 2.54. The molecule has 20 heavy (non-hydrogen) atoms. The van der Waals surface area contributed by atoms with Crippen LogP contribution in [0.25, 0.3) is 10.9 Å². The molecule has 0 radical (unpaired) electrons. The van der Waals surface area contributed by atoms with Crippen LogP contribution in [-0.4, -0.2) is 17.0 Å². The van der Waals surface area contributed by atoms with Gasteiger partial charge in [-0.1, -0.05) is 24.3 Å². The standard InChI is InChI=1S/C16H16N4/c1-20(13-8-6-12(10-17)7-9-13)16-14-4-2-3-5-15(14)18-11-19-16/h2-9,11H,10,17H2,1H3. The smallest absolute Gasteiger partial charge is 0.144 e. The number of para-hydroxylation sites is 1. The molecule has 2 N–H and O–H groups in total. The van der Waals surface area contributed by atoms with Gasteiger partial charge in [-0.2, -0.15) is 0 Å². The maximum atomic E-state index is 5.63. The van der Waals surface area contributed by atoms with E-state index in [2.05, 4.69) is 27.0 Å². The quantitative estimate of drug-likeness (QED) is 0.790. The summed E-state index contributed by atoms with van der Waals surface area (Å²) in [6.07, 6.45) is 1.60. The summed E-state index contributed by atoms with van der Waals surface area (Å²) in [6.45, 7) is 0.556. The van der Waals surface area contributed by atoms with Crippen LogP contribution >= 0.6 is 0 Å². The van der Waals surface area contributed by atoms with E-state index in [0.717, 1.165) is 28.0 Å². The third-order valence-electron chi connectivity index (χ3n) is 3.40. The Morgan fingerprint density at radius 1 is 1.00 bits per heavy atom. The number of anilines is 2. The van der Waals surface area contributed by atoms with Crippen molar-refractivity contribution in [3.63, 3.8) is 0 Å². The Kier molecular flexibility index (Phi) is 3.31. The lowest BCUT2D eigenvalue weighted by atomic mass is 10.2. The molecule has 0 bridgehead atoms. The van der Waals surface area contributed by atoms with E-state index in [9.17, 15) is 0 Å². The van der Waals surface area contributed by atoms with Crippen LogP contribution in [0.4, 0.5) is 11.5 Å². The van der Waals surface area contributed by atoms with Gasteiger partial charge in [0.1, 0.15) is 12.1 Å². The highest BCUT2D eigenvalue weighted by atomic mass is 15.2. The van der Waals surface area contributed by atoms with Crippen molar-refractivity contribution in [3.8, 4) is 0 Å². The molecule has 3 rings (SSSR count). The Balaban J connectivity index is 2.05. The zero-order valence-electron chi connectivity index (χ0n) is 11.3. The summed E-state index contributed by atoms with van der Waals surface area (Å²) in [5, 5.41) is 1.04. The molecule has 4 nitrogen and oxygen atoms in total. The van der Waals surface area contributed by atoms with Crippen molar-refractivity contribution < 1.29 is 0 Å². The maximum absolute atomic E-state index is 5.63. The number of nitrogens with two attached hydrogens (primary N) is 1. The Hall–Kier alpha value is -2.46. The highest BCUT2D eigenvalue weighted by Gasteiger charge is 2.09. The van der Waals surface area contributed by atoms with E-state index in [1.165, 1.54) is 0 Å². The minimum absolute atomic E-state index is 0.556. The molecular weight excluding hydrogens is 248 g/mol. The van der Waals surface area contributed by atoms with E-state index in [1.807, 2.05) is 43.4 Å². The molecule has 0 saturated carbocycles. The number of hydrogen-bond acceptors (Lipinski definition) is 4. The van der Waals surface area contributed by atoms with E-state index in [4.69, 9.17) is 5.73 Å². The predicted octanol–water partition coefficient (Wildman–Crippen LogP) is 2.86. The zero-order valence-corrected chi connectivity index (χ0v) is 11.3. The molecule has 0 aliphatic rings. The van der Waals surface area contributed by atoms with Gasteiger partial charge in [0.25, 0.3) is 0 Å². The summed E-state index contributed by atoms with van der Waals surface area (Å²) in [4.78, 5) is 10.8. The van der Waals surface area contributed by atoms with E-state index in [1.54, 1.807) is 6.33 Å². The molecule has 3 aromatic rings. The van der Waals surface area contributed by atoms with Crippen molar-refractivity contribution >= 4 is 22.4 Å². The second kappa shape index (κ2) is 5.27. The summed E-state index contributed by atoms with van der Waals surface area (Å²) < 4.78 is 0. The Bertz CT molecular complexity index is 717. The van der Waals surface area contributed by atoms with Gasteiger partial charge in [0.2, 0.25) is 0 Å². The third-order valence-corrected chi connectivity index (χ3v) is 3.40. The third kappa shape index (κ3) is 2.21. The van der Waals surface area contributed by atoms with Gasteiger partial charge in [0.15, 0.2) is 0 Å². The van der Waals surface area contributed by atoms with Crippen LogP contribution in [0.3, 0.4) is 0 Å². The molecule has 0 aliphatic heterocycles. The Labute approximate surface area is 117 Å². The lowest BCUT2D eigenvalue weighted by Crippen LogP contribution is -2.12. The number of fused-ring (bicyclic) bond motifs is 1. The lowest BCUT2D eigenvalue weighted by Gasteiger charge is -2.20. The SMILES string of the molecule is CN(c1ccc(CN)cc1)c1ncnc2ccccc12. The first-order valence-electron chi connectivity index (χ1n) is 6.52. The summed E-state index contributed by atoms with van der Waals surface area (Å²) in [5.74, 6) is 0.899. The molecule has 0 saturated heterocycles. The molecule has 0 amide bonds. The fourth-order valence-corrected chi connectivity index (χ4v) is 2.24. The topological polar surface area (TPSA) is 55.0 Å². The monoisotopic (exact) mass is 264 g/mol.